The first-order valence-electron chi connectivity index (χ1n) is 19.9. The molecule has 2 aliphatic heterocycles. The Balaban J connectivity index is 0.000000496. The largest absolute Gasteiger partial charge is 2.00 e. The Kier molecular flexibility index (Phi) is 22.1. The fourth-order valence-corrected chi connectivity index (χ4v) is 7.72. The molecule has 0 fully saturated rings. The zero-order valence-electron chi connectivity index (χ0n) is 38.8. The Morgan fingerprint density at radius 3 is 1.06 bits per heavy atom. The van der Waals surface area contributed by atoms with E-state index >= 15 is 0 Å². The Hall–Kier alpha value is -3.77. The van der Waals surface area contributed by atoms with Crippen LogP contribution < -0.4 is 9.97 Å². The van der Waals surface area contributed by atoms with Crippen molar-refractivity contribution in [1.82, 2.24) is 19.9 Å². The van der Waals surface area contributed by atoms with Crippen molar-refractivity contribution in [3.05, 3.63) is 139 Å². The molecule has 0 amide bonds. The molecule has 0 unspecified atom stereocenters. The fourth-order valence-electron chi connectivity index (χ4n) is 7.72. The second kappa shape index (κ2) is 24.3. The molecule has 0 saturated carbocycles. The third-order valence-corrected chi connectivity index (χ3v) is 10.3. The maximum Gasteiger partial charge on any atom is 2.00 e. The van der Waals surface area contributed by atoms with Gasteiger partial charge in [-0.05, 0) is 114 Å². The van der Waals surface area contributed by atoms with Crippen molar-refractivity contribution >= 4 is 42.8 Å². The third-order valence-electron chi connectivity index (χ3n) is 10.3. The van der Waals surface area contributed by atoms with Gasteiger partial charge in [0.15, 0.2) is 0 Å². The van der Waals surface area contributed by atoms with Crippen LogP contribution in [-0.2, 0) is 72.0 Å². The van der Waals surface area contributed by atoms with Gasteiger partial charge in [0.05, 0.1) is 43.0 Å². The Bertz CT molecular complexity index is 2420. The van der Waals surface area contributed by atoms with Crippen LogP contribution in [0.5, 0.6) is 0 Å². The van der Waals surface area contributed by atoms with Crippen molar-refractivity contribution in [3.8, 4) is 0 Å². The maximum absolute atomic E-state index is 9.08. The zero-order chi connectivity index (χ0) is 45.3. The number of allylic oxidation sites excluding steroid dienone is 4. The van der Waals surface area contributed by atoms with Gasteiger partial charge in [-0.2, -0.15) is 11.4 Å². The van der Waals surface area contributed by atoms with E-state index in [1.165, 1.54) is 44.5 Å². The number of nitrogens with zero attached hydrogens (tertiary/aromatic N) is 6. The number of hydrogen-bond donors (Lipinski definition) is 0. The van der Waals surface area contributed by atoms with Gasteiger partial charge in [-0.1, -0.05) is 75.9 Å². The standard InChI is InChI=1S/2C22H26N3.2CH4O3S.2Zn/c2*1-7-17-13(3)21(24-15(17)5)20(19-11-9-10-12-23-19)22-14(4)18(8-2)16(6)25-22;2*1-5(2,3)4;;/h2*9-12H,7-8H2,1-6H3;2*1H3,(H,2,3,4);;/q2*-1;;;2*+2/p-2/b2*21-20-;;;;. The van der Waals surface area contributed by atoms with Gasteiger partial charge in [0, 0.05) is 47.5 Å². The van der Waals surface area contributed by atoms with E-state index in [1.54, 1.807) is 0 Å². The minimum Gasteiger partial charge on any atom is -0.748 e. The van der Waals surface area contributed by atoms with Crippen molar-refractivity contribution in [1.29, 1.82) is 0 Å². The van der Waals surface area contributed by atoms with Crippen LogP contribution >= 0.6 is 0 Å². The number of rotatable bonds is 8. The van der Waals surface area contributed by atoms with Crippen LogP contribution in [0, 0.1) is 27.7 Å². The van der Waals surface area contributed by atoms with Crippen LogP contribution in [0.4, 0.5) is 0 Å². The number of pyridine rings is 2. The first kappa shape index (κ1) is 56.2. The quantitative estimate of drug-likeness (QED) is 0.122. The minimum absolute atomic E-state index is 0. The molecular weight excluding hydrogens is 927 g/mol. The molecule has 0 aromatic carbocycles. The van der Waals surface area contributed by atoms with Crippen molar-refractivity contribution in [2.75, 3.05) is 12.5 Å². The first-order chi connectivity index (χ1) is 28.0. The molecule has 6 heterocycles. The van der Waals surface area contributed by atoms with Crippen LogP contribution in [0.15, 0.2) is 92.5 Å². The summed E-state index contributed by atoms with van der Waals surface area (Å²) in [5.41, 5.74) is 22.9. The van der Waals surface area contributed by atoms with E-state index in [-0.39, 0.29) is 39.0 Å². The molecule has 0 atom stereocenters. The van der Waals surface area contributed by atoms with E-state index < -0.39 is 20.2 Å². The minimum atomic E-state index is -3.92. The molecule has 16 heteroatoms. The summed E-state index contributed by atoms with van der Waals surface area (Å²) in [6.07, 6.45) is 8.86. The molecule has 6 rings (SSSR count). The van der Waals surface area contributed by atoms with Gasteiger partial charge in [-0.15, -0.1) is 11.4 Å². The molecule has 0 radical (unpaired) electrons. The molecule has 4 aromatic heterocycles. The number of aromatic nitrogens is 4. The summed E-state index contributed by atoms with van der Waals surface area (Å²) < 4.78 is 54.5. The van der Waals surface area contributed by atoms with E-state index in [9.17, 15) is 0 Å². The van der Waals surface area contributed by atoms with Gasteiger partial charge in [0.2, 0.25) is 0 Å². The number of aliphatic imine (C=N–C) groups is 2. The summed E-state index contributed by atoms with van der Waals surface area (Å²) in [6, 6.07) is 12.1. The molecule has 0 N–H and O–H groups in total. The predicted molar refractivity (Wildman–Crippen MR) is 241 cm³/mol. The van der Waals surface area contributed by atoms with Crippen molar-refractivity contribution in [2.24, 2.45) is 9.98 Å². The van der Waals surface area contributed by atoms with E-state index in [2.05, 4.69) is 105 Å². The smallest absolute Gasteiger partial charge is 0.748 e. The molecule has 324 valence electrons. The van der Waals surface area contributed by atoms with Crippen LogP contribution in [0.1, 0.15) is 125 Å². The van der Waals surface area contributed by atoms with E-state index in [1.807, 2.05) is 36.7 Å². The summed E-state index contributed by atoms with van der Waals surface area (Å²) in [6.45, 7) is 25.8. The molecule has 62 heavy (non-hydrogen) atoms. The summed E-state index contributed by atoms with van der Waals surface area (Å²) in [5, 5.41) is 0. The van der Waals surface area contributed by atoms with Crippen LogP contribution in [0.2, 0.25) is 0 Å². The summed E-state index contributed by atoms with van der Waals surface area (Å²) in [5.74, 6) is 0. The molecule has 0 saturated heterocycles. The van der Waals surface area contributed by atoms with Crippen LogP contribution in [-0.4, -0.2) is 59.8 Å². The topological polar surface area (TPSA) is 193 Å². The third kappa shape index (κ3) is 14.6. The van der Waals surface area contributed by atoms with E-state index in [4.69, 9.17) is 45.9 Å². The fraction of sp³-hybridized carbons (Fsp3) is 0.391. The zero-order valence-corrected chi connectivity index (χ0v) is 46.4. The van der Waals surface area contributed by atoms with Gasteiger partial charge >= 0.3 is 39.0 Å². The molecule has 4 aromatic rings. The Morgan fingerprint density at radius 2 is 0.855 bits per heavy atom. The van der Waals surface area contributed by atoms with Crippen LogP contribution in [0.3, 0.4) is 0 Å². The average Bonchev–Trinajstić information content (AvgIpc) is 3.82. The Labute approximate surface area is 395 Å². The molecule has 0 bridgehead atoms. The van der Waals surface area contributed by atoms with Crippen LogP contribution in [0.25, 0.3) is 11.1 Å². The monoisotopic (exact) mass is 982 g/mol. The normalized spacial score (nSPS) is 15.2. The van der Waals surface area contributed by atoms with E-state index in [0.717, 1.165) is 93.8 Å². The SMILES string of the molecule is CCC1=C(C)/C(=C(\c2ccccn2)c2[n-]c(C)c(CC)c2C)N=C1C.CCC1=C(C)/C(=C(\c2ccccn2)c2[n-]c(C)c(CC)c2C)N=C1C.CS(=O)(=O)[O-].CS(=O)(=O)[O-].[Zn+2].[Zn+2]. The predicted octanol–water partition coefficient (Wildman–Crippen LogP) is 8.67. The molecular formula is C46H58N6O6S2Zn2. The second-order valence-corrected chi connectivity index (χ2v) is 17.4. The van der Waals surface area contributed by atoms with Gasteiger partial charge in [-0.25, -0.2) is 16.8 Å². The first-order valence-corrected chi connectivity index (χ1v) is 23.5. The molecule has 0 aliphatic carbocycles. The Morgan fingerprint density at radius 1 is 0.548 bits per heavy atom. The van der Waals surface area contributed by atoms with Crippen molar-refractivity contribution in [2.45, 2.75) is 109 Å². The van der Waals surface area contributed by atoms with E-state index in [0.29, 0.717) is 12.5 Å². The van der Waals surface area contributed by atoms with Gasteiger partial charge < -0.3 is 19.1 Å². The summed E-state index contributed by atoms with van der Waals surface area (Å²) >= 11 is 0. The number of aryl methyl sites for hydroxylation is 2. The van der Waals surface area contributed by atoms with Crippen molar-refractivity contribution in [3.63, 3.8) is 0 Å². The van der Waals surface area contributed by atoms with Gasteiger partial charge in [0.1, 0.15) is 0 Å². The summed E-state index contributed by atoms with van der Waals surface area (Å²) in [4.78, 5) is 28.9. The molecule has 0 spiro atoms. The number of hydrogen-bond acceptors (Lipinski definition) is 10. The second-order valence-electron chi connectivity index (χ2n) is 14.6. The summed E-state index contributed by atoms with van der Waals surface area (Å²) in [7, 11) is -7.83. The molecule has 12 nitrogen and oxygen atoms in total. The average molecular weight is 986 g/mol. The van der Waals surface area contributed by atoms with Crippen molar-refractivity contribution < 1.29 is 64.9 Å². The molecule has 2 aliphatic rings. The van der Waals surface area contributed by atoms with Gasteiger partial charge in [0.25, 0.3) is 0 Å². The van der Waals surface area contributed by atoms with Gasteiger partial charge in [-0.3, -0.25) is 20.0 Å². The maximum atomic E-state index is 9.08.